The third-order valence-electron chi connectivity index (χ3n) is 3.79. The third kappa shape index (κ3) is 4.19. The Morgan fingerprint density at radius 2 is 2.24 bits per heavy atom. The number of halogens is 1. The summed E-state index contributed by atoms with van der Waals surface area (Å²) >= 11 is 5.85. The van der Waals surface area contributed by atoms with E-state index in [4.69, 9.17) is 11.6 Å². The normalized spacial score (nSPS) is 22.2. The van der Waals surface area contributed by atoms with Gasteiger partial charge in [0.05, 0.1) is 0 Å². The lowest BCUT2D eigenvalue weighted by Gasteiger charge is -2.22. The van der Waals surface area contributed by atoms with Gasteiger partial charge in [0.1, 0.15) is 6.04 Å². The molecule has 0 spiro atoms. The number of carboxylic acid groups (broad SMARTS) is 1. The Morgan fingerprint density at radius 3 is 2.90 bits per heavy atom. The number of carbonyl (C=O) groups excluding carboxylic acids is 1. The van der Waals surface area contributed by atoms with Gasteiger partial charge in [0.2, 0.25) is 5.91 Å². The van der Waals surface area contributed by atoms with Gasteiger partial charge in [-0.15, -0.1) is 0 Å². The fraction of sp³-hybridized carbons (Fsp3) is 0.467. The lowest BCUT2D eigenvalue weighted by Crippen LogP contribution is -2.40. The highest BCUT2D eigenvalue weighted by molar-refractivity contribution is 6.30. The summed E-state index contributed by atoms with van der Waals surface area (Å²) in [4.78, 5) is 25.0. The Balaban J connectivity index is 1.85. The van der Waals surface area contributed by atoms with E-state index in [2.05, 4.69) is 5.32 Å². The van der Waals surface area contributed by atoms with Crippen molar-refractivity contribution in [1.29, 1.82) is 0 Å². The minimum atomic E-state index is -0.810. The van der Waals surface area contributed by atoms with Gasteiger partial charge in [0.25, 0.3) is 0 Å². The van der Waals surface area contributed by atoms with Crippen LogP contribution in [-0.4, -0.2) is 41.0 Å². The van der Waals surface area contributed by atoms with Gasteiger partial charge in [0.15, 0.2) is 0 Å². The number of nitrogens with zero attached hydrogens (tertiary/aromatic N) is 1. The van der Waals surface area contributed by atoms with Crippen LogP contribution in [-0.2, 0) is 9.59 Å². The number of benzene rings is 1. The number of hydrogen-bond acceptors (Lipinski definition) is 3. The molecule has 0 aromatic heterocycles. The Hall–Kier alpha value is -1.59. The van der Waals surface area contributed by atoms with Crippen molar-refractivity contribution in [3.63, 3.8) is 0 Å². The monoisotopic (exact) mass is 310 g/mol. The second-order valence-corrected chi connectivity index (χ2v) is 5.83. The molecule has 0 bridgehead atoms. The molecule has 2 unspecified atom stereocenters. The van der Waals surface area contributed by atoms with Crippen LogP contribution in [0.25, 0.3) is 0 Å². The Bertz CT molecular complexity index is 535. The van der Waals surface area contributed by atoms with Gasteiger partial charge in [-0.1, -0.05) is 24.6 Å². The second kappa shape index (κ2) is 6.91. The topological polar surface area (TPSA) is 69.6 Å². The van der Waals surface area contributed by atoms with Gasteiger partial charge >= 0.3 is 5.97 Å². The molecule has 5 nitrogen and oxygen atoms in total. The Kier molecular flexibility index (Phi) is 5.20. The first-order valence-corrected chi connectivity index (χ1v) is 7.37. The highest BCUT2D eigenvalue weighted by Crippen LogP contribution is 2.24. The molecule has 1 aromatic carbocycles. The largest absolute Gasteiger partial charge is 0.480 e. The standard InChI is InChI=1S/C15H19ClN2O3/c1-10-5-7-18(14(10)15(20)21)8-6-13(19)17-12-4-2-3-11(16)9-12/h2-4,9-10,14H,5-8H2,1H3,(H,17,19)(H,20,21). The lowest BCUT2D eigenvalue weighted by molar-refractivity contribution is -0.143. The molecule has 1 fully saturated rings. The van der Waals surface area contributed by atoms with E-state index in [9.17, 15) is 14.7 Å². The van der Waals surface area contributed by atoms with E-state index in [0.717, 1.165) is 13.0 Å². The lowest BCUT2D eigenvalue weighted by atomic mass is 10.0. The van der Waals surface area contributed by atoms with Crippen LogP contribution in [0, 0.1) is 5.92 Å². The first-order chi connectivity index (χ1) is 9.97. The van der Waals surface area contributed by atoms with Crippen LogP contribution in [0.4, 0.5) is 5.69 Å². The molecule has 1 amide bonds. The predicted molar refractivity (Wildman–Crippen MR) is 81.5 cm³/mol. The van der Waals surface area contributed by atoms with E-state index in [-0.39, 0.29) is 18.2 Å². The number of carbonyl (C=O) groups is 2. The molecule has 2 N–H and O–H groups in total. The maximum atomic E-state index is 11.9. The van der Waals surface area contributed by atoms with Crippen LogP contribution < -0.4 is 5.32 Å². The maximum absolute atomic E-state index is 11.9. The van der Waals surface area contributed by atoms with E-state index in [1.54, 1.807) is 24.3 Å². The molecule has 1 aliphatic rings. The maximum Gasteiger partial charge on any atom is 0.321 e. The van der Waals surface area contributed by atoms with Crippen LogP contribution >= 0.6 is 11.6 Å². The summed E-state index contributed by atoms with van der Waals surface area (Å²) in [7, 11) is 0. The number of anilines is 1. The summed E-state index contributed by atoms with van der Waals surface area (Å²) in [6, 6.07) is 6.46. The van der Waals surface area contributed by atoms with Crippen LogP contribution in [0.3, 0.4) is 0 Å². The van der Waals surface area contributed by atoms with Crippen LogP contribution in [0.2, 0.25) is 5.02 Å². The molecular weight excluding hydrogens is 292 g/mol. The number of amides is 1. The summed E-state index contributed by atoms with van der Waals surface area (Å²) in [6.45, 7) is 3.11. The van der Waals surface area contributed by atoms with Gasteiger partial charge in [-0.3, -0.25) is 14.5 Å². The fourth-order valence-corrected chi connectivity index (χ4v) is 2.90. The Morgan fingerprint density at radius 1 is 1.48 bits per heavy atom. The molecule has 1 heterocycles. The minimum absolute atomic E-state index is 0.124. The van der Waals surface area contributed by atoms with E-state index in [0.29, 0.717) is 17.3 Å². The van der Waals surface area contributed by atoms with Crippen molar-refractivity contribution in [2.24, 2.45) is 5.92 Å². The quantitative estimate of drug-likeness (QED) is 0.876. The van der Waals surface area contributed by atoms with Gasteiger partial charge < -0.3 is 10.4 Å². The zero-order valence-corrected chi connectivity index (χ0v) is 12.6. The summed E-state index contributed by atoms with van der Waals surface area (Å²) in [5.74, 6) is -0.824. The molecule has 1 aliphatic heterocycles. The van der Waals surface area contributed by atoms with Crippen molar-refractivity contribution < 1.29 is 14.7 Å². The van der Waals surface area contributed by atoms with E-state index >= 15 is 0 Å². The molecule has 1 saturated heterocycles. The van der Waals surface area contributed by atoms with Crippen molar-refractivity contribution in [2.75, 3.05) is 18.4 Å². The molecular formula is C15H19ClN2O3. The molecule has 1 aromatic rings. The fourth-order valence-electron chi connectivity index (χ4n) is 2.71. The Labute approximate surface area is 128 Å². The second-order valence-electron chi connectivity index (χ2n) is 5.39. The molecule has 21 heavy (non-hydrogen) atoms. The molecule has 0 radical (unpaired) electrons. The van der Waals surface area contributed by atoms with Gasteiger partial charge in [0, 0.05) is 23.7 Å². The minimum Gasteiger partial charge on any atom is -0.480 e. The molecule has 6 heteroatoms. The zero-order chi connectivity index (χ0) is 15.4. The molecule has 0 aliphatic carbocycles. The van der Waals surface area contributed by atoms with Crippen molar-refractivity contribution in [1.82, 2.24) is 4.90 Å². The van der Waals surface area contributed by atoms with Gasteiger partial charge in [-0.25, -0.2) is 0 Å². The molecule has 2 atom stereocenters. The van der Waals surface area contributed by atoms with Crippen molar-refractivity contribution >= 4 is 29.2 Å². The van der Waals surface area contributed by atoms with Crippen molar-refractivity contribution in [3.8, 4) is 0 Å². The number of likely N-dealkylation sites (tertiary alicyclic amines) is 1. The highest BCUT2D eigenvalue weighted by Gasteiger charge is 2.36. The van der Waals surface area contributed by atoms with E-state index in [1.165, 1.54) is 0 Å². The average Bonchev–Trinajstić information content (AvgIpc) is 2.77. The van der Waals surface area contributed by atoms with Crippen LogP contribution in [0.15, 0.2) is 24.3 Å². The summed E-state index contributed by atoms with van der Waals surface area (Å²) in [5, 5.41) is 12.6. The number of nitrogens with one attached hydrogen (secondary N) is 1. The highest BCUT2D eigenvalue weighted by atomic mass is 35.5. The third-order valence-corrected chi connectivity index (χ3v) is 4.03. The van der Waals surface area contributed by atoms with Crippen molar-refractivity contribution in [3.05, 3.63) is 29.3 Å². The predicted octanol–water partition coefficient (Wildman–Crippen LogP) is 2.46. The van der Waals surface area contributed by atoms with Gasteiger partial charge in [-0.05, 0) is 37.1 Å². The smallest absolute Gasteiger partial charge is 0.321 e. The molecule has 2 rings (SSSR count). The number of rotatable bonds is 5. The van der Waals surface area contributed by atoms with Crippen LogP contribution in [0.1, 0.15) is 19.8 Å². The van der Waals surface area contributed by atoms with Crippen LogP contribution in [0.5, 0.6) is 0 Å². The van der Waals surface area contributed by atoms with E-state index in [1.807, 2.05) is 11.8 Å². The number of aliphatic carboxylic acids is 1. The number of hydrogen-bond donors (Lipinski definition) is 2. The molecule has 0 saturated carbocycles. The van der Waals surface area contributed by atoms with Crippen molar-refractivity contribution in [2.45, 2.75) is 25.8 Å². The van der Waals surface area contributed by atoms with Gasteiger partial charge in [-0.2, -0.15) is 0 Å². The van der Waals surface area contributed by atoms with E-state index < -0.39 is 12.0 Å². The molecule has 114 valence electrons. The number of carboxylic acids is 1. The first-order valence-electron chi connectivity index (χ1n) is 6.99. The summed E-state index contributed by atoms with van der Waals surface area (Å²) < 4.78 is 0. The summed E-state index contributed by atoms with van der Waals surface area (Å²) in [6.07, 6.45) is 1.12. The first kappa shape index (κ1) is 15.8. The average molecular weight is 311 g/mol. The SMILES string of the molecule is CC1CCN(CCC(=O)Nc2cccc(Cl)c2)C1C(=O)O. The summed E-state index contributed by atoms with van der Waals surface area (Å²) in [5.41, 5.74) is 0.650. The zero-order valence-electron chi connectivity index (χ0n) is 11.9.